The first kappa shape index (κ1) is 10.6. The third-order valence-corrected chi connectivity index (χ3v) is 1.47. The lowest BCUT2D eigenvalue weighted by atomic mass is 10.6. The van der Waals surface area contributed by atoms with Gasteiger partial charge in [0.05, 0.1) is 0 Å². The lowest BCUT2D eigenvalue weighted by molar-refractivity contribution is 0.0286. The average molecular weight is 202 g/mol. The van der Waals surface area contributed by atoms with Gasteiger partial charge in [0, 0.05) is 13.1 Å². The largest absolute Gasteiger partial charge is 0.458 e. The minimum absolute atomic E-state index is 0.0901. The molecule has 1 N–H and O–H groups in total. The van der Waals surface area contributed by atoms with Crippen molar-refractivity contribution in [3.05, 3.63) is 12.2 Å². The number of ether oxygens (including phenoxy) is 3. The van der Waals surface area contributed by atoms with Crippen LogP contribution in [0.1, 0.15) is 0 Å². The Morgan fingerprint density at radius 3 is 3.07 bits per heavy atom. The van der Waals surface area contributed by atoms with Crippen LogP contribution in [0.2, 0.25) is 0 Å². The maximum atomic E-state index is 11.1. The first-order valence-electron chi connectivity index (χ1n) is 4.23. The Balaban J connectivity index is 2.09. The SMILES string of the molecule is CN(C)CCNC(=O)OC1=COCO1. The van der Waals surface area contributed by atoms with Crippen molar-refractivity contribution in [3.63, 3.8) is 0 Å². The number of rotatable bonds is 4. The molecular formula is C8H14N2O4. The minimum Gasteiger partial charge on any atom is -0.458 e. The summed E-state index contributed by atoms with van der Waals surface area (Å²) in [5, 5.41) is 2.56. The van der Waals surface area contributed by atoms with Crippen molar-refractivity contribution < 1.29 is 19.0 Å². The van der Waals surface area contributed by atoms with Crippen molar-refractivity contribution in [1.82, 2.24) is 10.2 Å². The summed E-state index contributed by atoms with van der Waals surface area (Å²) in [6.45, 7) is 1.38. The van der Waals surface area contributed by atoms with Gasteiger partial charge in [0.1, 0.15) is 0 Å². The summed E-state index contributed by atoms with van der Waals surface area (Å²) in [4.78, 5) is 13.0. The highest BCUT2D eigenvalue weighted by Gasteiger charge is 2.12. The summed E-state index contributed by atoms with van der Waals surface area (Å²) in [5.41, 5.74) is 0. The number of carbonyl (C=O) groups is 1. The van der Waals surface area contributed by atoms with E-state index in [-0.39, 0.29) is 12.7 Å². The van der Waals surface area contributed by atoms with E-state index < -0.39 is 6.09 Å². The zero-order valence-electron chi connectivity index (χ0n) is 8.28. The summed E-state index contributed by atoms with van der Waals surface area (Å²) >= 11 is 0. The number of carbonyl (C=O) groups excluding carboxylic acids is 1. The highest BCUT2D eigenvalue weighted by atomic mass is 16.8. The van der Waals surface area contributed by atoms with Crippen LogP contribution in [0.25, 0.3) is 0 Å². The van der Waals surface area contributed by atoms with E-state index in [4.69, 9.17) is 14.2 Å². The molecule has 0 saturated carbocycles. The lowest BCUT2D eigenvalue weighted by Crippen LogP contribution is -2.31. The quantitative estimate of drug-likeness (QED) is 0.699. The number of likely N-dealkylation sites (N-methyl/N-ethyl adjacent to an activating group) is 1. The predicted molar refractivity (Wildman–Crippen MR) is 48.2 cm³/mol. The van der Waals surface area contributed by atoms with Gasteiger partial charge in [-0.15, -0.1) is 0 Å². The molecule has 0 aromatic rings. The fourth-order valence-corrected chi connectivity index (χ4v) is 0.791. The molecule has 6 nitrogen and oxygen atoms in total. The molecule has 0 aromatic heterocycles. The molecule has 14 heavy (non-hydrogen) atoms. The van der Waals surface area contributed by atoms with Gasteiger partial charge in [0.15, 0.2) is 6.26 Å². The molecule has 1 amide bonds. The normalized spacial score (nSPS) is 14.4. The Morgan fingerprint density at radius 2 is 2.50 bits per heavy atom. The molecule has 1 rings (SSSR count). The number of alkyl carbamates (subject to hydrolysis) is 1. The molecule has 6 heteroatoms. The van der Waals surface area contributed by atoms with Gasteiger partial charge in [0.25, 0.3) is 0 Å². The zero-order chi connectivity index (χ0) is 10.4. The molecule has 0 bridgehead atoms. The summed E-state index contributed by atoms with van der Waals surface area (Å²) in [7, 11) is 3.84. The Hall–Kier alpha value is -1.43. The second-order valence-corrected chi connectivity index (χ2v) is 2.99. The van der Waals surface area contributed by atoms with Crippen molar-refractivity contribution in [2.45, 2.75) is 0 Å². The van der Waals surface area contributed by atoms with Gasteiger partial charge in [0.2, 0.25) is 6.79 Å². The van der Waals surface area contributed by atoms with Crippen molar-refractivity contribution in [3.8, 4) is 0 Å². The van der Waals surface area contributed by atoms with E-state index in [1.807, 2.05) is 19.0 Å². The minimum atomic E-state index is -0.538. The maximum Gasteiger partial charge on any atom is 0.415 e. The molecule has 0 aromatic carbocycles. The van der Waals surface area contributed by atoms with E-state index in [0.717, 1.165) is 6.54 Å². The molecular weight excluding hydrogens is 188 g/mol. The van der Waals surface area contributed by atoms with E-state index >= 15 is 0 Å². The van der Waals surface area contributed by atoms with Gasteiger partial charge in [-0.3, -0.25) is 0 Å². The van der Waals surface area contributed by atoms with E-state index in [1.54, 1.807) is 0 Å². The molecule has 1 aliphatic heterocycles. The van der Waals surface area contributed by atoms with E-state index in [2.05, 4.69) is 5.32 Å². The first-order valence-corrected chi connectivity index (χ1v) is 4.23. The smallest absolute Gasteiger partial charge is 0.415 e. The van der Waals surface area contributed by atoms with E-state index in [0.29, 0.717) is 6.54 Å². The number of amides is 1. The van der Waals surface area contributed by atoms with Crippen LogP contribution in [0.4, 0.5) is 4.79 Å². The van der Waals surface area contributed by atoms with Crippen molar-refractivity contribution in [2.24, 2.45) is 0 Å². The highest BCUT2D eigenvalue weighted by molar-refractivity contribution is 5.68. The average Bonchev–Trinajstić information content (AvgIpc) is 2.56. The molecule has 0 atom stereocenters. The molecule has 0 spiro atoms. The number of hydrogen-bond donors (Lipinski definition) is 1. The van der Waals surface area contributed by atoms with Gasteiger partial charge in [-0.2, -0.15) is 0 Å². The van der Waals surface area contributed by atoms with Gasteiger partial charge in [-0.1, -0.05) is 0 Å². The van der Waals surface area contributed by atoms with E-state index in [1.165, 1.54) is 6.26 Å². The van der Waals surface area contributed by atoms with Crippen LogP contribution in [-0.4, -0.2) is 45.0 Å². The lowest BCUT2D eigenvalue weighted by Gasteiger charge is -2.10. The number of nitrogens with zero attached hydrogens (tertiary/aromatic N) is 1. The Morgan fingerprint density at radius 1 is 1.71 bits per heavy atom. The Kier molecular flexibility index (Phi) is 4.06. The molecule has 1 heterocycles. The number of hydrogen-bond acceptors (Lipinski definition) is 5. The van der Waals surface area contributed by atoms with Crippen molar-refractivity contribution >= 4 is 6.09 Å². The fraction of sp³-hybridized carbons (Fsp3) is 0.625. The predicted octanol–water partition coefficient (Wildman–Crippen LogP) is 0.0774. The summed E-state index contributed by atoms with van der Waals surface area (Å²) in [5.74, 6) is 0.0901. The molecule has 0 unspecified atom stereocenters. The third kappa shape index (κ3) is 3.99. The maximum absolute atomic E-state index is 11.1. The fourth-order valence-electron chi connectivity index (χ4n) is 0.791. The van der Waals surface area contributed by atoms with Crippen LogP contribution in [0.5, 0.6) is 0 Å². The molecule has 80 valence electrons. The summed E-state index contributed by atoms with van der Waals surface area (Å²) < 4.78 is 14.2. The van der Waals surface area contributed by atoms with Gasteiger partial charge in [-0.25, -0.2) is 4.79 Å². The van der Waals surface area contributed by atoms with Gasteiger partial charge >= 0.3 is 12.0 Å². The topological polar surface area (TPSA) is 60.0 Å². The van der Waals surface area contributed by atoms with Crippen LogP contribution in [0.15, 0.2) is 12.2 Å². The summed E-state index contributed by atoms with van der Waals surface area (Å²) in [6.07, 6.45) is 0.717. The molecule has 1 aliphatic rings. The van der Waals surface area contributed by atoms with Crippen LogP contribution < -0.4 is 5.32 Å². The Labute approximate surface area is 82.4 Å². The molecule has 0 aliphatic carbocycles. The standard InChI is InChI=1S/C8H14N2O4/c1-10(2)4-3-9-8(11)14-7-5-12-6-13-7/h5H,3-4,6H2,1-2H3,(H,9,11). The molecule has 0 saturated heterocycles. The highest BCUT2D eigenvalue weighted by Crippen LogP contribution is 2.07. The van der Waals surface area contributed by atoms with Crippen LogP contribution in [0, 0.1) is 0 Å². The van der Waals surface area contributed by atoms with Crippen molar-refractivity contribution in [2.75, 3.05) is 34.0 Å². The van der Waals surface area contributed by atoms with Crippen molar-refractivity contribution in [1.29, 1.82) is 0 Å². The summed E-state index contributed by atoms with van der Waals surface area (Å²) in [6, 6.07) is 0. The number of nitrogens with one attached hydrogen (secondary N) is 1. The monoisotopic (exact) mass is 202 g/mol. The Bertz CT molecular complexity index is 227. The zero-order valence-corrected chi connectivity index (χ0v) is 8.28. The van der Waals surface area contributed by atoms with Crippen LogP contribution >= 0.6 is 0 Å². The van der Waals surface area contributed by atoms with E-state index in [9.17, 15) is 4.79 Å². The molecule has 0 radical (unpaired) electrons. The van der Waals surface area contributed by atoms with Gasteiger partial charge in [-0.05, 0) is 14.1 Å². The van der Waals surface area contributed by atoms with Crippen LogP contribution in [-0.2, 0) is 14.2 Å². The third-order valence-electron chi connectivity index (χ3n) is 1.47. The second-order valence-electron chi connectivity index (χ2n) is 2.99. The first-order chi connectivity index (χ1) is 6.68. The second kappa shape index (κ2) is 5.33. The van der Waals surface area contributed by atoms with Gasteiger partial charge < -0.3 is 24.4 Å². The van der Waals surface area contributed by atoms with Crippen LogP contribution in [0.3, 0.4) is 0 Å². The molecule has 0 fully saturated rings.